The van der Waals surface area contributed by atoms with Gasteiger partial charge in [-0.1, -0.05) is 41.3 Å². The number of para-hydroxylation sites is 1. The Morgan fingerprint density at radius 3 is 2.72 bits per heavy atom. The van der Waals surface area contributed by atoms with Gasteiger partial charge in [0.1, 0.15) is 0 Å². The molecule has 1 heterocycles. The van der Waals surface area contributed by atoms with Crippen molar-refractivity contribution in [1.82, 2.24) is 10.2 Å². The molecule has 0 aliphatic carbocycles. The number of amides is 1. The third kappa shape index (κ3) is 3.21. The lowest BCUT2D eigenvalue weighted by Crippen LogP contribution is -2.27. The van der Waals surface area contributed by atoms with Gasteiger partial charge in [0.15, 0.2) is 4.34 Å². The van der Waals surface area contributed by atoms with E-state index in [1.165, 1.54) is 23.1 Å². The minimum absolute atomic E-state index is 0.0139. The predicted octanol–water partition coefficient (Wildman–Crippen LogP) is 1.88. The molecule has 0 unspecified atom stereocenters. The van der Waals surface area contributed by atoms with Crippen LogP contribution in [0.15, 0.2) is 34.7 Å². The fraction of sp³-hybridized carbons (Fsp3) is 0.182. The minimum atomic E-state index is 0.0139. The van der Waals surface area contributed by atoms with E-state index in [0.29, 0.717) is 15.2 Å². The number of nitrogens with zero attached hydrogens (tertiary/aromatic N) is 3. The Balaban J connectivity index is 1.92. The maximum atomic E-state index is 12.0. The van der Waals surface area contributed by atoms with Crippen LogP contribution < -0.4 is 10.6 Å². The second-order valence-corrected chi connectivity index (χ2v) is 5.71. The van der Waals surface area contributed by atoms with E-state index < -0.39 is 0 Å². The average Bonchev–Trinajstić information content (AvgIpc) is 2.82. The van der Waals surface area contributed by atoms with Gasteiger partial charge in [-0.05, 0) is 12.1 Å². The van der Waals surface area contributed by atoms with Gasteiger partial charge in [-0.2, -0.15) is 0 Å². The minimum Gasteiger partial charge on any atom is -0.374 e. The normalized spacial score (nSPS) is 10.3. The molecule has 2 N–H and O–H groups in total. The molecule has 0 aliphatic rings. The van der Waals surface area contributed by atoms with Crippen molar-refractivity contribution >= 4 is 39.8 Å². The Hall–Kier alpha value is -1.60. The first-order valence-corrected chi connectivity index (χ1v) is 7.00. The summed E-state index contributed by atoms with van der Waals surface area (Å²) in [6, 6.07) is 9.51. The topological polar surface area (TPSA) is 72.1 Å². The molecular weight excluding hydrogens is 268 g/mol. The van der Waals surface area contributed by atoms with E-state index in [1.54, 1.807) is 11.9 Å². The summed E-state index contributed by atoms with van der Waals surface area (Å²) in [5.74, 6) is 0.333. The predicted molar refractivity (Wildman–Crippen MR) is 74.9 cm³/mol. The molecular formula is C11H12N4OS2. The van der Waals surface area contributed by atoms with Gasteiger partial charge >= 0.3 is 0 Å². The lowest BCUT2D eigenvalue weighted by molar-refractivity contribution is -0.115. The molecule has 2 rings (SSSR count). The van der Waals surface area contributed by atoms with Crippen LogP contribution in [0.3, 0.4) is 0 Å². The van der Waals surface area contributed by atoms with E-state index in [-0.39, 0.29) is 5.91 Å². The Morgan fingerprint density at radius 2 is 2.11 bits per heavy atom. The Morgan fingerprint density at radius 1 is 1.39 bits per heavy atom. The van der Waals surface area contributed by atoms with Crippen LogP contribution in [0.5, 0.6) is 0 Å². The highest BCUT2D eigenvalue weighted by molar-refractivity contribution is 8.01. The molecule has 1 aromatic heterocycles. The van der Waals surface area contributed by atoms with E-state index in [9.17, 15) is 4.79 Å². The molecule has 0 atom stereocenters. The molecule has 5 nitrogen and oxygen atoms in total. The van der Waals surface area contributed by atoms with Gasteiger partial charge in [0.05, 0.1) is 5.75 Å². The van der Waals surface area contributed by atoms with Crippen LogP contribution in [0.1, 0.15) is 0 Å². The van der Waals surface area contributed by atoms with Crippen LogP contribution in [0.2, 0.25) is 0 Å². The number of benzene rings is 1. The third-order valence-corrected chi connectivity index (χ3v) is 4.13. The molecule has 2 aromatic rings. The zero-order chi connectivity index (χ0) is 13.0. The number of thioether (sulfide) groups is 1. The second kappa shape index (κ2) is 5.83. The molecule has 0 saturated carbocycles. The van der Waals surface area contributed by atoms with Gasteiger partial charge in [-0.3, -0.25) is 4.79 Å². The number of carbonyl (C=O) groups is 1. The summed E-state index contributed by atoms with van der Waals surface area (Å²) in [7, 11) is 1.76. The fourth-order valence-electron chi connectivity index (χ4n) is 1.29. The zero-order valence-electron chi connectivity index (χ0n) is 9.74. The second-order valence-electron chi connectivity index (χ2n) is 3.48. The molecule has 0 fully saturated rings. The van der Waals surface area contributed by atoms with Crippen molar-refractivity contribution in [3.05, 3.63) is 30.3 Å². The molecule has 18 heavy (non-hydrogen) atoms. The van der Waals surface area contributed by atoms with Crippen molar-refractivity contribution in [3.8, 4) is 0 Å². The molecule has 0 spiro atoms. The maximum Gasteiger partial charge on any atom is 0.237 e. The summed E-state index contributed by atoms with van der Waals surface area (Å²) in [4.78, 5) is 13.6. The number of carbonyl (C=O) groups excluding carboxylic acids is 1. The molecule has 0 aliphatic heterocycles. The number of hydrogen-bond donors (Lipinski definition) is 1. The number of rotatable bonds is 4. The van der Waals surface area contributed by atoms with Crippen molar-refractivity contribution < 1.29 is 4.79 Å². The van der Waals surface area contributed by atoms with E-state index in [0.717, 1.165) is 5.69 Å². The van der Waals surface area contributed by atoms with Crippen molar-refractivity contribution in [3.63, 3.8) is 0 Å². The molecule has 0 bridgehead atoms. The Bertz CT molecular complexity index is 529. The lowest BCUT2D eigenvalue weighted by Gasteiger charge is -2.16. The number of nitrogens with two attached hydrogens (primary N) is 1. The first kappa shape index (κ1) is 12.8. The number of anilines is 2. The Labute approximate surface area is 113 Å². The third-order valence-electron chi connectivity index (χ3n) is 2.26. The van der Waals surface area contributed by atoms with Gasteiger partial charge in [0.25, 0.3) is 0 Å². The molecule has 0 saturated heterocycles. The van der Waals surface area contributed by atoms with Crippen molar-refractivity contribution in [2.24, 2.45) is 0 Å². The molecule has 0 radical (unpaired) electrons. The summed E-state index contributed by atoms with van der Waals surface area (Å²) < 4.78 is 0.710. The van der Waals surface area contributed by atoms with Gasteiger partial charge in [0.2, 0.25) is 11.0 Å². The average molecular weight is 280 g/mol. The highest BCUT2D eigenvalue weighted by Crippen LogP contribution is 2.24. The van der Waals surface area contributed by atoms with Crippen LogP contribution in [-0.2, 0) is 4.79 Å². The SMILES string of the molecule is CN(C(=O)CSc1nnc(N)s1)c1ccccc1. The van der Waals surface area contributed by atoms with E-state index in [2.05, 4.69) is 10.2 Å². The molecule has 1 amide bonds. The van der Waals surface area contributed by atoms with Gasteiger partial charge in [0, 0.05) is 12.7 Å². The highest BCUT2D eigenvalue weighted by atomic mass is 32.2. The summed E-state index contributed by atoms with van der Waals surface area (Å²) in [5.41, 5.74) is 6.35. The van der Waals surface area contributed by atoms with Crippen LogP contribution in [-0.4, -0.2) is 28.9 Å². The monoisotopic (exact) mass is 280 g/mol. The molecule has 7 heteroatoms. The molecule has 94 valence electrons. The Kier molecular flexibility index (Phi) is 4.16. The summed E-state index contributed by atoms with van der Waals surface area (Å²) in [5, 5.41) is 7.97. The fourth-order valence-corrected chi connectivity index (χ4v) is 2.84. The largest absolute Gasteiger partial charge is 0.374 e. The maximum absolute atomic E-state index is 12.0. The van der Waals surface area contributed by atoms with Gasteiger partial charge in [-0.25, -0.2) is 0 Å². The van der Waals surface area contributed by atoms with Crippen LogP contribution in [0.25, 0.3) is 0 Å². The van der Waals surface area contributed by atoms with E-state index >= 15 is 0 Å². The first-order chi connectivity index (χ1) is 8.66. The van der Waals surface area contributed by atoms with E-state index in [1.807, 2.05) is 30.3 Å². The van der Waals surface area contributed by atoms with Gasteiger partial charge < -0.3 is 10.6 Å². The standard InChI is InChI=1S/C11H12N4OS2/c1-15(8-5-3-2-4-6-8)9(16)7-17-11-14-13-10(12)18-11/h2-6H,7H2,1H3,(H2,12,13). The van der Waals surface area contributed by atoms with Crippen LogP contribution in [0, 0.1) is 0 Å². The zero-order valence-corrected chi connectivity index (χ0v) is 11.4. The smallest absolute Gasteiger partial charge is 0.237 e. The van der Waals surface area contributed by atoms with Gasteiger partial charge in [-0.15, -0.1) is 10.2 Å². The van der Waals surface area contributed by atoms with Crippen molar-refractivity contribution in [1.29, 1.82) is 0 Å². The van der Waals surface area contributed by atoms with Crippen LogP contribution >= 0.6 is 23.1 Å². The summed E-state index contributed by atoms with van der Waals surface area (Å²) >= 11 is 2.63. The highest BCUT2D eigenvalue weighted by Gasteiger charge is 2.12. The summed E-state index contributed by atoms with van der Waals surface area (Å²) in [6.07, 6.45) is 0. The van der Waals surface area contributed by atoms with E-state index in [4.69, 9.17) is 5.73 Å². The summed E-state index contributed by atoms with van der Waals surface area (Å²) in [6.45, 7) is 0. The van der Waals surface area contributed by atoms with Crippen LogP contribution in [0.4, 0.5) is 10.8 Å². The molecule has 1 aromatic carbocycles. The number of nitrogen functional groups attached to an aromatic ring is 1. The number of hydrogen-bond acceptors (Lipinski definition) is 6. The first-order valence-electron chi connectivity index (χ1n) is 5.20. The van der Waals surface area contributed by atoms with Crippen molar-refractivity contribution in [2.45, 2.75) is 4.34 Å². The quantitative estimate of drug-likeness (QED) is 0.866. The number of aromatic nitrogens is 2. The van der Waals surface area contributed by atoms with Crippen molar-refractivity contribution in [2.75, 3.05) is 23.4 Å². The lowest BCUT2D eigenvalue weighted by atomic mass is 10.3.